The summed E-state index contributed by atoms with van der Waals surface area (Å²) in [4.78, 5) is 11.1. The van der Waals surface area contributed by atoms with Gasteiger partial charge in [-0.1, -0.05) is 15.9 Å². The first-order valence-electron chi connectivity index (χ1n) is 4.44. The van der Waals surface area contributed by atoms with Crippen molar-refractivity contribution in [2.75, 3.05) is 18.4 Å². The lowest BCUT2D eigenvalue weighted by Crippen LogP contribution is -2.31. The Bertz CT molecular complexity index is 154. The van der Waals surface area contributed by atoms with E-state index in [9.17, 15) is 4.79 Å². The van der Waals surface area contributed by atoms with Gasteiger partial charge in [-0.3, -0.25) is 4.79 Å². The van der Waals surface area contributed by atoms with Crippen molar-refractivity contribution < 1.29 is 9.53 Å². The Morgan fingerprint density at radius 3 is 2.54 bits per heavy atom. The zero-order valence-electron chi connectivity index (χ0n) is 8.52. The zero-order valence-corrected chi connectivity index (χ0v) is 10.1. The second-order valence-electron chi connectivity index (χ2n) is 3.81. The van der Waals surface area contributed by atoms with Crippen LogP contribution >= 0.6 is 15.9 Å². The van der Waals surface area contributed by atoms with Crippen LogP contribution in [0.15, 0.2) is 0 Å². The Labute approximate surface area is 88.4 Å². The van der Waals surface area contributed by atoms with E-state index in [2.05, 4.69) is 21.2 Å². The lowest BCUT2D eigenvalue weighted by atomic mass is 10.2. The monoisotopic (exact) mass is 251 g/mol. The number of esters is 1. The number of nitrogens with one attached hydrogen (secondary N) is 1. The summed E-state index contributed by atoms with van der Waals surface area (Å²) in [6, 6.07) is 0. The third-order valence-electron chi connectivity index (χ3n) is 1.18. The summed E-state index contributed by atoms with van der Waals surface area (Å²) in [5, 5.41) is 3.96. The second-order valence-corrected chi connectivity index (χ2v) is 4.60. The van der Waals surface area contributed by atoms with Crippen molar-refractivity contribution in [3.8, 4) is 0 Å². The van der Waals surface area contributed by atoms with Crippen molar-refractivity contribution in [2.45, 2.75) is 32.8 Å². The van der Waals surface area contributed by atoms with Crippen molar-refractivity contribution in [3.63, 3.8) is 0 Å². The van der Waals surface area contributed by atoms with Gasteiger partial charge in [0, 0.05) is 5.33 Å². The Morgan fingerprint density at radius 1 is 1.46 bits per heavy atom. The molecule has 0 aliphatic rings. The van der Waals surface area contributed by atoms with Crippen LogP contribution in [0.2, 0.25) is 0 Å². The van der Waals surface area contributed by atoms with E-state index in [1.54, 1.807) is 0 Å². The second kappa shape index (κ2) is 6.38. The van der Waals surface area contributed by atoms with Gasteiger partial charge in [-0.15, -0.1) is 0 Å². The maximum absolute atomic E-state index is 11.1. The molecule has 0 radical (unpaired) electrons. The third-order valence-corrected chi connectivity index (χ3v) is 1.74. The van der Waals surface area contributed by atoms with Crippen LogP contribution in [0.25, 0.3) is 0 Å². The molecule has 0 aliphatic heterocycles. The molecule has 1 N–H and O–H groups in total. The zero-order chi connectivity index (χ0) is 10.3. The van der Waals surface area contributed by atoms with E-state index in [4.69, 9.17) is 4.74 Å². The van der Waals surface area contributed by atoms with Crippen LogP contribution in [-0.2, 0) is 9.53 Å². The molecule has 0 spiro atoms. The SMILES string of the molecule is CC(C)(C)OC(=O)CNCCCBr. The van der Waals surface area contributed by atoms with Crippen LogP contribution in [0, 0.1) is 0 Å². The smallest absolute Gasteiger partial charge is 0.320 e. The summed E-state index contributed by atoms with van der Waals surface area (Å²) in [5.41, 5.74) is -0.381. The summed E-state index contributed by atoms with van der Waals surface area (Å²) < 4.78 is 5.10. The van der Waals surface area contributed by atoms with Crippen molar-refractivity contribution >= 4 is 21.9 Å². The fraction of sp³-hybridized carbons (Fsp3) is 0.889. The van der Waals surface area contributed by atoms with Crippen molar-refractivity contribution in [1.82, 2.24) is 5.32 Å². The predicted octanol–water partition coefficient (Wildman–Crippen LogP) is 1.70. The number of alkyl halides is 1. The molecule has 0 bridgehead atoms. The first-order chi connectivity index (χ1) is 5.95. The lowest BCUT2D eigenvalue weighted by Gasteiger charge is -2.19. The minimum Gasteiger partial charge on any atom is -0.459 e. The van der Waals surface area contributed by atoms with E-state index in [0.29, 0.717) is 6.54 Å². The van der Waals surface area contributed by atoms with Crippen LogP contribution in [0.1, 0.15) is 27.2 Å². The van der Waals surface area contributed by atoms with Gasteiger partial charge in [-0.25, -0.2) is 0 Å². The van der Waals surface area contributed by atoms with Gasteiger partial charge in [0.1, 0.15) is 5.60 Å². The molecule has 0 unspecified atom stereocenters. The molecule has 0 atom stereocenters. The molecule has 13 heavy (non-hydrogen) atoms. The molecular formula is C9H18BrNO2. The average molecular weight is 252 g/mol. The number of rotatable bonds is 5. The van der Waals surface area contributed by atoms with Gasteiger partial charge >= 0.3 is 5.97 Å². The molecular weight excluding hydrogens is 234 g/mol. The Morgan fingerprint density at radius 2 is 2.08 bits per heavy atom. The molecule has 0 saturated carbocycles. The predicted molar refractivity (Wildman–Crippen MR) is 57.1 cm³/mol. The summed E-state index contributed by atoms with van der Waals surface area (Å²) in [5.74, 6) is -0.193. The summed E-state index contributed by atoms with van der Waals surface area (Å²) in [6.07, 6.45) is 1.02. The average Bonchev–Trinajstić information content (AvgIpc) is 1.94. The van der Waals surface area contributed by atoms with Crippen LogP contribution in [0.5, 0.6) is 0 Å². The Kier molecular flexibility index (Phi) is 6.33. The van der Waals surface area contributed by atoms with Crippen molar-refractivity contribution in [1.29, 1.82) is 0 Å². The molecule has 0 aromatic carbocycles. The highest BCUT2D eigenvalue weighted by Crippen LogP contribution is 2.05. The molecule has 3 nitrogen and oxygen atoms in total. The minimum atomic E-state index is -0.381. The van der Waals surface area contributed by atoms with Gasteiger partial charge in [-0.2, -0.15) is 0 Å². The standard InChI is InChI=1S/C9H18BrNO2/c1-9(2,3)13-8(12)7-11-6-4-5-10/h11H,4-7H2,1-3H3. The normalized spacial score (nSPS) is 11.4. The summed E-state index contributed by atoms with van der Waals surface area (Å²) in [7, 11) is 0. The first kappa shape index (κ1) is 12.9. The maximum Gasteiger partial charge on any atom is 0.320 e. The maximum atomic E-state index is 11.1. The van der Waals surface area contributed by atoms with E-state index < -0.39 is 0 Å². The van der Waals surface area contributed by atoms with Crippen LogP contribution in [-0.4, -0.2) is 30.0 Å². The van der Waals surface area contributed by atoms with E-state index in [-0.39, 0.29) is 11.6 Å². The molecule has 0 aromatic rings. The van der Waals surface area contributed by atoms with Crippen LogP contribution in [0.3, 0.4) is 0 Å². The van der Waals surface area contributed by atoms with Gasteiger partial charge in [0.15, 0.2) is 0 Å². The van der Waals surface area contributed by atoms with Gasteiger partial charge in [0.25, 0.3) is 0 Å². The number of carbonyl (C=O) groups excluding carboxylic acids is 1. The Hall–Kier alpha value is -0.0900. The molecule has 0 fully saturated rings. The molecule has 0 saturated heterocycles. The van der Waals surface area contributed by atoms with E-state index in [1.807, 2.05) is 20.8 Å². The fourth-order valence-electron chi connectivity index (χ4n) is 0.760. The number of ether oxygens (including phenoxy) is 1. The lowest BCUT2D eigenvalue weighted by molar-refractivity contribution is -0.153. The largest absolute Gasteiger partial charge is 0.459 e. The third kappa shape index (κ3) is 9.83. The quantitative estimate of drug-likeness (QED) is 0.460. The molecule has 0 aliphatic carbocycles. The highest BCUT2D eigenvalue weighted by Gasteiger charge is 2.15. The van der Waals surface area contributed by atoms with Gasteiger partial charge in [-0.05, 0) is 33.7 Å². The van der Waals surface area contributed by atoms with E-state index >= 15 is 0 Å². The van der Waals surface area contributed by atoms with Crippen LogP contribution < -0.4 is 5.32 Å². The molecule has 0 heterocycles. The summed E-state index contributed by atoms with van der Waals surface area (Å²) in [6.45, 7) is 6.73. The molecule has 0 rings (SSSR count). The molecule has 0 aromatic heterocycles. The topological polar surface area (TPSA) is 38.3 Å². The van der Waals surface area contributed by atoms with Gasteiger partial charge in [0.2, 0.25) is 0 Å². The van der Waals surface area contributed by atoms with E-state index in [0.717, 1.165) is 18.3 Å². The van der Waals surface area contributed by atoms with E-state index in [1.165, 1.54) is 0 Å². The highest BCUT2D eigenvalue weighted by molar-refractivity contribution is 9.09. The number of carbonyl (C=O) groups is 1. The number of hydrogen-bond donors (Lipinski definition) is 1. The van der Waals surface area contributed by atoms with Gasteiger partial charge in [0.05, 0.1) is 6.54 Å². The van der Waals surface area contributed by atoms with Gasteiger partial charge < -0.3 is 10.1 Å². The fourth-order valence-corrected chi connectivity index (χ4v) is 1.04. The highest BCUT2D eigenvalue weighted by atomic mass is 79.9. The molecule has 78 valence electrons. The number of halogens is 1. The molecule has 0 amide bonds. The minimum absolute atomic E-state index is 0.193. The van der Waals surface area contributed by atoms with Crippen molar-refractivity contribution in [3.05, 3.63) is 0 Å². The van der Waals surface area contributed by atoms with Crippen LogP contribution in [0.4, 0.5) is 0 Å². The Balaban J connectivity index is 3.41. The first-order valence-corrected chi connectivity index (χ1v) is 5.56. The number of hydrogen-bond acceptors (Lipinski definition) is 3. The molecule has 4 heteroatoms. The summed E-state index contributed by atoms with van der Waals surface area (Å²) >= 11 is 3.31. The van der Waals surface area contributed by atoms with Crippen molar-refractivity contribution in [2.24, 2.45) is 0 Å².